The van der Waals surface area contributed by atoms with Crippen LogP contribution >= 0.6 is 12.4 Å². The first-order chi connectivity index (χ1) is 4.21. The Morgan fingerprint density at radius 1 is 1.00 bits per heavy atom. The van der Waals surface area contributed by atoms with Gasteiger partial charge in [-0.2, -0.15) is 0 Å². The molecule has 0 fully saturated rings. The van der Waals surface area contributed by atoms with E-state index in [4.69, 9.17) is 0 Å². The number of fused-ring (bicyclic) bond motifs is 2. The minimum Gasteiger partial charge on any atom is -0.219 e. The van der Waals surface area contributed by atoms with Crippen molar-refractivity contribution in [1.82, 2.24) is 0 Å². The van der Waals surface area contributed by atoms with Crippen LogP contribution in [0.5, 0.6) is 0 Å². The Kier molecular flexibility index (Phi) is 1.49. The molecule has 0 aromatic rings. The third-order valence-corrected chi connectivity index (χ3v) is 3.23. The van der Waals surface area contributed by atoms with E-state index < -0.39 is 9.84 Å². The lowest BCUT2D eigenvalue weighted by Crippen LogP contribution is -1.92. The van der Waals surface area contributed by atoms with Gasteiger partial charge in [-0.1, -0.05) is 0 Å². The number of allylic oxidation sites excluding steroid dienone is 4. The normalized spacial score (nSPS) is 23.6. The zero-order chi connectivity index (χ0) is 6.48. The molecule has 0 atom stereocenters. The number of sulfone groups is 1. The highest BCUT2D eigenvalue weighted by Crippen LogP contribution is 2.32. The second-order valence-corrected chi connectivity index (χ2v) is 3.92. The smallest absolute Gasteiger partial charge is 0.206 e. The Hall–Kier alpha value is -0.540. The summed E-state index contributed by atoms with van der Waals surface area (Å²) in [5.74, 6) is 0. The molecule has 2 rings (SSSR count). The molecular formula is C6H5ClO2S. The summed E-state index contributed by atoms with van der Waals surface area (Å²) in [6.45, 7) is 0. The quantitative estimate of drug-likeness (QED) is 0.556. The molecule has 0 unspecified atom stereocenters. The molecule has 10 heavy (non-hydrogen) atoms. The van der Waals surface area contributed by atoms with Crippen LogP contribution in [-0.2, 0) is 9.84 Å². The summed E-state index contributed by atoms with van der Waals surface area (Å²) in [6, 6.07) is 0. The topological polar surface area (TPSA) is 34.1 Å². The number of rotatable bonds is 0. The van der Waals surface area contributed by atoms with Crippen LogP contribution < -0.4 is 0 Å². The van der Waals surface area contributed by atoms with Crippen molar-refractivity contribution in [2.75, 3.05) is 0 Å². The fourth-order valence-corrected chi connectivity index (χ4v) is 2.19. The van der Waals surface area contributed by atoms with E-state index >= 15 is 0 Å². The fourth-order valence-electron chi connectivity index (χ4n) is 0.934. The van der Waals surface area contributed by atoms with Crippen molar-refractivity contribution in [2.45, 2.75) is 0 Å². The summed E-state index contributed by atoms with van der Waals surface area (Å²) in [5.41, 5.74) is 0. The molecule has 0 aromatic heterocycles. The van der Waals surface area contributed by atoms with Crippen LogP contribution in [0.1, 0.15) is 0 Å². The fraction of sp³-hybridized carbons (Fsp3) is 0. The van der Waals surface area contributed by atoms with Gasteiger partial charge in [0.05, 0.1) is 9.81 Å². The Labute approximate surface area is 65.3 Å². The summed E-state index contributed by atoms with van der Waals surface area (Å²) in [5, 5.41) is 0. The summed E-state index contributed by atoms with van der Waals surface area (Å²) in [4.78, 5) is 0.856. The van der Waals surface area contributed by atoms with E-state index in [1.165, 1.54) is 0 Å². The van der Waals surface area contributed by atoms with Crippen LogP contribution in [0.2, 0.25) is 0 Å². The van der Waals surface area contributed by atoms with Crippen molar-refractivity contribution < 1.29 is 8.42 Å². The Bertz CT molecular complexity index is 318. The highest BCUT2D eigenvalue weighted by molar-refractivity contribution is 8.00. The maximum atomic E-state index is 11.0. The SMILES string of the molecule is Cl.O=S1(=O)C2=CC=C1C=C2. The molecule has 2 bridgehead atoms. The van der Waals surface area contributed by atoms with E-state index in [9.17, 15) is 8.42 Å². The Balaban J connectivity index is 0.000000500. The van der Waals surface area contributed by atoms with E-state index in [0.29, 0.717) is 9.81 Å². The van der Waals surface area contributed by atoms with Crippen molar-refractivity contribution >= 4 is 22.2 Å². The predicted molar refractivity (Wildman–Crippen MR) is 41.5 cm³/mol. The molecule has 0 saturated carbocycles. The molecule has 0 saturated heterocycles. The zero-order valence-corrected chi connectivity index (χ0v) is 6.58. The molecule has 0 spiro atoms. The molecule has 2 heterocycles. The molecule has 2 aliphatic rings. The lowest BCUT2D eigenvalue weighted by Gasteiger charge is -1.86. The lowest BCUT2D eigenvalue weighted by molar-refractivity contribution is 0.611. The highest BCUT2D eigenvalue weighted by atomic mass is 35.5. The van der Waals surface area contributed by atoms with E-state index in [1.54, 1.807) is 24.3 Å². The van der Waals surface area contributed by atoms with Gasteiger partial charge in [-0.05, 0) is 24.3 Å². The van der Waals surface area contributed by atoms with Gasteiger partial charge in [-0.15, -0.1) is 12.4 Å². The van der Waals surface area contributed by atoms with E-state index in [0.717, 1.165) is 0 Å². The maximum Gasteiger partial charge on any atom is 0.206 e. The van der Waals surface area contributed by atoms with Gasteiger partial charge in [-0.25, -0.2) is 8.42 Å². The lowest BCUT2D eigenvalue weighted by atomic mass is 10.3. The van der Waals surface area contributed by atoms with E-state index in [-0.39, 0.29) is 12.4 Å². The molecule has 2 aliphatic heterocycles. The third kappa shape index (κ3) is 0.676. The molecule has 0 radical (unpaired) electrons. The molecule has 0 aromatic carbocycles. The van der Waals surface area contributed by atoms with Gasteiger partial charge in [0.2, 0.25) is 9.84 Å². The minimum atomic E-state index is -2.98. The Morgan fingerprint density at radius 2 is 1.40 bits per heavy atom. The average molecular weight is 177 g/mol. The van der Waals surface area contributed by atoms with Gasteiger partial charge in [0, 0.05) is 0 Å². The molecular weight excluding hydrogens is 172 g/mol. The predicted octanol–water partition coefficient (Wildman–Crippen LogP) is 1.17. The van der Waals surface area contributed by atoms with Crippen molar-refractivity contribution in [3.8, 4) is 0 Å². The van der Waals surface area contributed by atoms with Crippen LogP contribution in [-0.4, -0.2) is 8.42 Å². The van der Waals surface area contributed by atoms with Crippen molar-refractivity contribution in [3.63, 3.8) is 0 Å². The van der Waals surface area contributed by atoms with E-state index in [1.807, 2.05) is 0 Å². The third-order valence-electron chi connectivity index (χ3n) is 1.44. The maximum absolute atomic E-state index is 11.0. The molecule has 0 amide bonds. The van der Waals surface area contributed by atoms with Crippen LogP contribution in [0.25, 0.3) is 0 Å². The monoisotopic (exact) mass is 176 g/mol. The molecule has 4 heteroatoms. The second-order valence-electron chi connectivity index (χ2n) is 1.97. The summed E-state index contributed by atoms with van der Waals surface area (Å²) in [6.07, 6.45) is 6.46. The second kappa shape index (κ2) is 1.97. The van der Waals surface area contributed by atoms with Gasteiger partial charge >= 0.3 is 0 Å². The average Bonchev–Trinajstić information content (AvgIpc) is 2.24. The molecule has 0 aliphatic carbocycles. The largest absolute Gasteiger partial charge is 0.219 e. The van der Waals surface area contributed by atoms with Gasteiger partial charge in [-0.3, -0.25) is 0 Å². The van der Waals surface area contributed by atoms with Crippen LogP contribution in [0, 0.1) is 0 Å². The van der Waals surface area contributed by atoms with Crippen LogP contribution in [0.4, 0.5) is 0 Å². The standard InChI is InChI=1S/C6H4O2S.ClH/c7-9(8)5-1-2-6(9)4-3-5;/h1-4H;1H. The summed E-state index contributed by atoms with van der Waals surface area (Å²) in [7, 11) is -2.98. The first-order valence-electron chi connectivity index (χ1n) is 2.56. The van der Waals surface area contributed by atoms with Gasteiger partial charge in [0.25, 0.3) is 0 Å². The Morgan fingerprint density at radius 3 is 1.50 bits per heavy atom. The van der Waals surface area contributed by atoms with Crippen LogP contribution in [0.15, 0.2) is 34.1 Å². The van der Waals surface area contributed by atoms with Crippen molar-refractivity contribution in [3.05, 3.63) is 34.1 Å². The highest BCUT2D eigenvalue weighted by Gasteiger charge is 2.28. The van der Waals surface area contributed by atoms with Crippen molar-refractivity contribution in [1.29, 1.82) is 0 Å². The van der Waals surface area contributed by atoms with E-state index in [2.05, 4.69) is 0 Å². The zero-order valence-electron chi connectivity index (χ0n) is 4.94. The first-order valence-corrected chi connectivity index (χ1v) is 4.05. The van der Waals surface area contributed by atoms with Gasteiger partial charge < -0.3 is 0 Å². The molecule has 2 nitrogen and oxygen atoms in total. The summed E-state index contributed by atoms with van der Waals surface area (Å²) >= 11 is 0. The van der Waals surface area contributed by atoms with Crippen LogP contribution in [0.3, 0.4) is 0 Å². The van der Waals surface area contributed by atoms with Gasteiger partial charge in [0.15, 0.2) is 0 Å². The molecule has 0 N–H and O–H groups in total. The molecule has 54 valence electrons. The number of hydrogen-bond acceptors (Lipinski definition) is 2. The first kappa shape index (κ1) is 7.57. The summed E-state index contributed by atoms with van der Waals surface area (Å²) < 4.78 is 21.9. The number of halogens is 1. The van der Waals surface area contributed by atoms with Gasteiger partial charge in [0.1, 0.15) is 0 Å². The minimum absolute atomic E-state index is 0. The van der Waals surface area contributed by atoms with Crippen molar-refractivity contribution in [2.24, 2.45) is 0 Å². The number of hydrogen-bond donors (Lipinski definition) is 0.